The van der Waals surface area contributed by atoms with Crippen LogP contribution in [0.2, 0.25) is 0 Å². The van der Waals surface area contributed by atoms with Gasteiger partial charge in [-0.3, -0.25) is 10.9 Å². The van der Waals surface area contributed by atoms with Crippen LogP contribution in [0.4, 0.5) is 17.1 Å². The molecule has 0 bridgehead atoms. The Labute approximate surface area is 152 Å². The second kappa shape index (κ2) is 8.89. The van der Waals surface area contributed by atoms with E-state index in [2.05, 4.69) is 26.2 Å². The lowest BCUT2D eigenvalue weighted by molar-refractivity contribution is 0.851. The van der Waals surface area contributed by atoms with E-state index in [9.17, 15) is 0 Å². The molecule has 0 aromatic heterocycles. The zero-order valence-corrected chi connectivity index (χ0v) is 14.1. The van der Waals surface area contributed by atoms with Gasteiger partial charge in [0.2, 0.25) is 11.9 Å². The number of hydrogen-bond acceptors (Lipinski definition) is 2. The Morgan fingerprint density at radius 1 is 0.615 bits per heavy atom. The number of nitrogens with one attached hydrogen (secondary N) is 3. The first-order chi connectivity index (χ1) is 12.8. The van der Waals surface area contributed by atoms with Crippen LogP contribution >= 0.6 is 0 Å². The molecule has 0 atom stereocenters. The SMILES string of the molecule is NC(=Nc1ccccc1)NNC(=Nc1ccccc1)Nc1ccccc1. The van der Waals surface area contributed by atoms with Crippen molar-refractivity contribution >= 4 is 29.0 Å². The molecule has 130 valence electrons. The van der Waals surface area contributed by atoms with Crippen LogP contribution in [0, 0.1) is 0 Å². The lowest BCUT2D eigenvalue weighted by Crippen LogP contribution is -2.48. The Balaban J connectivity index is 1.73. The summed E-state index contributed by atoms with van der Waals surface area (Å²) in [6, 6.07) is 28.8. The Bertz CT molecular complexity index is 861. The quantitative estimate of drug-likeness (QED) is 0.333. The zero-order chi connectivity index (χ0) is 18.0. The molecule has 0 radical (unpaired) electrons. The number of guanidine groups is 2. The van der Waals surface area contributed by atoms with E-state index in [0.29, 0.717) is 5.96 Å². The summed E-state index contributed by atoms with van der Waals surface area (Å²) in [5, 5.41) is 3.21. The number of nitrogens with two attached hydrogens (primary N) is 1. The molecule has 0 heterocycles. The molecule has 0 unspecified atom stereocenters. The molecule has 0 aliphatic rings. The topological polar surface area (TPSA) is 86.8 Å². The number of rotatable bonds is 3. The summed E-state index contributed by atoms with van der Waals surface area (Å²) < 4.78 is 0. The van der Waals surface area contributed by atoms with Crippen LogP contribution in [-0.4, -0.2) is 11.9 Å². The van der Waals surface area contributed by atoms with E-state index in [1.54, 1.807) is 0 Å². The molecule has 6 heteroatoms. The van der Waals surface area contributed by atoms with Crippen LogP contribution in [-0.2, 0) is 0 Å². The standard InChI is InChI=1S/C20H20N6/c21-19(22-16-10-4-1-5-11-16)25-26-20(23-17-12-6-2-7-13-17)24-18-14-8-3-9-15-18/h1-15H,(H3,21,22,25)(H2,23,24,26). The fourth-order valence-corrected chi connectivity index (χ4v) is 2.17. The van der Waals surface area contributed by atoms with E-state index >= 15 is 0 Å². The van der Waals surface area contributed by atoms with Crippen LogP contribution in [0.15, 0.2) is 101 Å². The van der Waals surface area contributed by atoms with Gasteiger partial charge < -0.3 is 11.1 Å². The summed E-state index contributed by atoms with van der Waals surface area (Å²) in [6.45, 7) is 0. The highest BCUT2D eigenvalue weighted by atomic mass is 15.5. The van der Waals surface area contributed by atoms with Gasteiger partial charge in [0, 0.05) is 5.69 Å². The van der Waals surface area contributed by atoms with Crippen LogP contribution < -0.4 is 21.9 Å². The largest absolute Gasteiger partial charge is 0.368 e. The molecular formula is C20H20N6. The van der Waals surface area contributed by atoms with Crippen LogP contribution in [0.5, 0.6) is 0 Å². The molecule has 0 aliphatic carbocycles. The minimum Gasteiger partial charge on any atom is -0.368 e. The van der Waals surface area contributed by atoms with E-state index in [4.69, 9.17) is 5.73 Å². The first-order valence-corrected chi connectivity index (χ1v) is 8.17. The van der Waals surface area contributed by atoms with Crippen molar-refractivity contribution < 1.29 is 0 Å². The van der Waals surface area contributed by atoms with Gasteiger partial charge in [0.15, 0.2) is 0 Å². The second-order valence-corrected chi connectivity index (χ2v) is 5.37. The molecule has 5 N–H and O–H groups in total. The Morgan fingerprint density at radius 2 is 1.12 bits per heavy atom. The third kappa shape index (κ3) is 5.38. The summed E-state index contributed by atoms with van der Waals surface area (Å²) in [4.78, 5) is 8.84. The van der Waals surface area contributed by atoms with Crippen molar-refractivity contribution in [2.75, 3.05) is 5.32 Å². The molecule has 26 heavy (non-hydrogen) atoms. The van der Waals surface area contributed by atoms with E-state index < -0.39 is 0 Å². The van der Waals surface area contributed by atoms with Crippen LogP contribution in [0.25, 0.3) is 0 Å². The third-order valence-corrected chi connectivity index (χ3v) is 3.35. The third-order valence-electron chi connectivity index (χ3n) is 3.35. The zero-order valence-electron chi connectivity index (χ0n) is 14.1. The van der Waals surface area contributed by atoms with Gasteiger partial charge in [-0.15, -0.1) is 0 Å². The minimum atomic E-state index is 0.229. The number of aliphatic imine (C=N–C) groups is 2. The minimum absolute atomic E-state index is 0.229. The van der Waals surface area contributed by atoms with Gasteiger partial charge >= 0.3 is 0 Å². The first kappa shape index (κ1) is 17.0. The van der Waals surface area contributed by atoms with Gasteiger partial charge in [0.05, 0.1) is 11.4 Å². The fraction of sp³-hybridized carbons (Fsp3) is 0. The lowest BCUT2D eigenvalue weighted by atomic mass is 10.3. The predicted molar refractivity (Wildman–Crippen MR) is 108 cm³/mol. The number of hydrogen-bond donors (Lipinski definition) is 4. The maximum Gasteiger partial charge on any atom is 0.220 e. The number of para-hydroxylation sites is 3. The van der Waals surface area contributed by atoms with Gasteiger partial charge in [-0.05, 0) is 36.4 Å². The Hall–Kier alpha value is -3.80. The van der Waals surface area contributed by atoms with Crippen molar-refractivity contribution in [3.05, 3.63) is 91.0 Å². The maximum atomic E-state index is 5.93. The van der Waals surface area contributed by atoms with Crippen molar-refractivity contribution in [1.82, 2.24) is 10.9 Å². The molecule has 0 amide bonds. The van der Waals surface area contributed by atoms with E-state index in [1.165, 1.54) is 0 Å². The van der Waals surface area contributed by atoms with Crippen LogP contribution in [0.1, 0.15) is 0 Å². The first-order valence-electron chi connectivity index (χ1n) is 8.17. The number of benzene rings is 3. The van der Waals surface area contributed by atoms with Gasteiger partial charge in [0.1, 0.15) is 0 Å². The van der Waals surface area contributed by atoms with Crippen molar-refractivity contribution in [2.45, 2.75) is 0 Å². The molecule has 0 fully saturated rings. The smallest absolute Gasteiger partial charge is 0.220 e. The summed E-state index contributed by atoms with van der Waals surface area (Å²) >= 11 is 0. The average molecular weight is 344 g/mol. The molecule has 6 nitrogen and oxygen atoms in total. The van der Waals surface area contributed by atoms with Crippen molar-refractivity contribution in [3.63, 3.8) is 0 Å². The molecule has 3 rings (SSSR count). The predicted octanol–water partition coefficient (Wildman–Crippen LogP) is 3.53. The molecule has 3 aromatic carbocycles. The molecule has 0 saturated heterocycles. The maximum absolute atomic E-state index is 5.93. The van der Waals surface area contributed by atoms with Crippen molar-refractivity contribution in [1.29, 1.82) is 0 Å². The van der Waals surface area contributed by atoms with Gasteiger partial charge in [0.25, 0.3) is 0 Å². The normalized spacial score (nSPS) is 11.7. The number of nitrogens with zero attached hydrogens (tertiary/aromatic N) is 2. The fourth-order valence-electron chi connectivity index (χ4n) is 2.17. The highest BCUT2D eigenvalue weighted by Crippen LogP contribution is 2.11. The highest BCUT2D eigenvalue weighted by molar-refractivity contribution is 5.96. The summed E-state index contributed by atoms with van der Waals surface area (Å²) in [7, 11) is 0. The van der Waals surface area contributed by atoms with Crippen molar-refractivity contribution in [2.24, 2.45) is 15.7 Å². The second-order valence-electron chi connectivity index (χ2n) is 5.37. The van der Waals surface area contributed by atoms with Gasteiger partial charge in [-0.1, -0.05) is 54.6 Å². The molecule has 0 aliphatic heterocycles. The lowest BCUT2D eigenvalue weighted by Gasteiger charge is -2.13. The van der Waals surface area contributed by atoms with E-state index in [0.717, 1.165) is 17.1 Å². The number of anilines is 1. The molecular weight excluding hydrogens is 324 g/mol. The summed E-state index contributed by atoms with van der Waals surface area (Å²) in [5.41, 5.74) is 14.2. The molecule has 0 spiro atoms. The Morgan fingerprint density at radius 3 is 1.69 bits per heavy atom. The Kier molecular flexibility index (Phi) is 5.82. The van der Waals surface area contributed by atoms with Crippen LogP contribution in [0.3, 0.4) is 0 Å². The highest BCUT2D eigenvalue weighted by Gasteiger charge is 2.01. The summed E-state index contributed by atoms with van der Waals surface area (Å²) in [5.74, 6) is 0.723. The molecule has 0 saturated carbocycles. The summed E-state index contributed by atoms with van der Waals surface area (Å²) in [6.07, 6.45) is 0. The average Bonchev–Trinajstić information content (AvgIpc) is 2.68. The van der Waals surface area contributed by atoms with Crippen molar-refractivity contribution in [3.8, 4) is 0 Å². The number of hydrazine groups is 1. The van der Waals surface area contributed by atoms with Gasteiger partial charge in [-0.25, -0.2) is 9.98 Å². The monoisotopic (exact) mass is 344 g/mol. The van der Waals surface area contributed by atoms with E-state index in [-0.39, 0.29) is 5.96 Å². The van der Waals surface area contributed by atoms with Gasteiger partial charge in [-0.2, -0.15) is 0 Å². The molecule has 3 aromatic rings. The van der Waals surface area contributed by atoms with E-state index in [1.807, 2.05) is 91.0 Å².